The Morgan fingerprint density at radius 2 is 1.85 bits per heavy atom. The number of piperazine rings is 1. The molecule has 0 saturated carbocycles. The summed E-state index contributed by atoms with van der Waals surface area (Å²) in [6, 6.07) is 10.7. The maximum Gasteiger partial charge on any atom is 0.267 e. The van der Waals surface area contributed by atoms with Crippen LogP contribution in [0.15, 0.2) is 59.8 Å². The highest BCUT2D eigenvalue weighted by Crippen LogP contribution is 2.25. The predicted octanol–water partition coefficient (Wildman–Crippen LogP) is 1.11. The predicted molar refractivity (Wildman–Crippen MR) is 101 cm³/mol. The Morgan fingerprint density at radius 1 is 1.11 bits per heavy atom. The number of carbonyl (C=O) groups is 1. The highest BCUT2D eigenvalue weighted by atomic mass is 32.2. The summed E-state index contributed by atoms with van der Waals surface area (Å²) in [4.78, 5) is 17.4. The summed E-state index contributed by atoms with van der Waals surface area (Å²) < 4.78 is 26.8. The molecule has 2 N–H and O–H groups in total. The molecule has 0 radical (unpaired) electrons. The first-order valence-electron chi connectivity index (χ1n) is 8.38. The molecule has 1 aliphatic heterocycles. The number of carbonyl (C=O) groups excluding carboxylic acids is 1. The second-order valence-electron chi connectivity index (χ2n) is 5.95. The molecule has 2 aromatic rings. The zero-order valence-electron chi connectivity index (χ0n) is 14.5. The van der Waals surface area contributed by atoms with E-state index in [9.17, 15) is 13.2 Å². The molecule has 1 aromatic carbocycles. The van der Waals surface area contributed by atoms with Crippen molar-refractivity contribution in [3.05, 3.63) is 60.4 Å². The van der Waals surface area contributed by atoms with E-state index in [0.29, 0.717) is 26.2 Å². The van der Waals surface area contributed by atoms with Gasteiger partial charge in [0.2, 0.25) is 10.0 Å². The topological polar surface area (TPSA) is 103 Å². The minimum Gasteiger partial charge on any atom is -0.368 e. The fourth-order valence-corrected chi connectivity index (χ4v) is 4.32. The second-order valence-corrected chi connectivity index (χ2v) is 7.89. The van der Waals surface area contributed by atoms with Crippen LogP contribution in [0.25, 0.3) is 6.08 Å². The van der Waals surface area contributed by atoms with Gasteiger partial charge in [-0.05, 0) is 29.8 Å². The number of nitrogens with one attached hydrogen (secondary N) is 1. The summed E-state index contributed by atoms with van der Waals surface area (Å²) in [5.74, 6) is -0.614. The summed E-state index contributed by atoms with van der Waals surface area (Å²) in [6.07, 6.45) is 5.74. The Hall–Kier alpha value is -2.75. The minimum absolute atomic E-state index is 0.191. The van der Waals surface area contributed by atoms with E-state index < -0.39 is 15.9 Å². The molecule has 8 nitrogen and oxygen atoms in total. The normalized spacial score (nSPS) is 15.8. The van der Waals surface area contributed by atoms with Gasteiger partial charge in [-0.2, -0.15) is 4.31 Å². The fourth-order valence-electron chi connectivity index (χ4n) is 2.94. The fraction of sp³-hybridized carbons (Fsp3) is 0.222. The molecule has 0 unspecified atom stereocenters. The van der Waals surface area contributed by atoms with Crippen LogP contribution in [0.1, 0.15) is 5.56 Å². The van der Waals surface area contributed by atoms with Gasteiger partial charge in [-0.15, -0.1) is 0 Å². The number of rotatable bonds is 5. The van der Waals surface area contributed by atoms with Crippen molar-refractivity contribution in [3.63, 3.8) is 0 Å². The van der Waals surface area contributed by atoms with Crippen molar-refractivity contribution < 1.29 is 18.4 Å². The van der Waals surface area contributed by atoms with Gasteiger partial charge in [-0.25, -0.2) is 13.9 Å². The zero-order valence-corrected chi connectivity index (χ0v) is 15.3. The van der Waals surface area contributed by atoms with Crippen molar-refractivity contribution >= 4 is 27.7 Å². The number of sulfonamides is 1. The average Bonchev–Trinajstić information content (AvgIpc) is 2.73. The van der Waals surface area contributed by atoms with Crippen LogP contribution in [-0.4, -0.2) is 55.0 Å². The molecule has 2 heterocycles. The number of nitrogens with zero attached hydrogens (tertiary/aromatic N) is 3. The molecule has 1 amide bonds. The van der Waals surface area contributed by atoms with Crippen molar-refractivity contribution in [1.82, 2.24) is 14.8 Å². The number of benzene rings is 1. The van der Waals surface area contributed by atoms with Crippen LogP contribution in [0.5, 0.6) is 0 Å². The number of aromatic nitrogens is 1. The average molecular weight is 388 g/mol. The van der Waals surface area contributed by atoms with E-state index in [1.165, 1.54) is 16.6 Å². The smallest absolute Gasteiger partial charge is 0.267 e. The van der Waals surface area contributed by atoms with Crippen molar-refractivity contribution in [1.29, 1.82) is 0 Å². The highest BCUT2D eigenvalue weighted by Gasteiger charge is 2.29. The number of amides is 1. The van der Waals surface area contributed by atoms with Crippen LogP contribution < -0.4 is 10.4 Å². The van der Waals surface area contributed by atoms with Crippen molar-refractivity contribution in [2.75, 3.05) is 31.1 Å². The first kappa shape index (κ1) is 19.0. The van der Waals surface area contributed by atoms with E-state index in [0.717, 1.165) is 11.3 Å². The van der Waals surface area contributed by atoms with Crippen LogP contribution in [-0.2, 0) is 14.8 Å². The van der Waals surface area contributed by atoms with Crippen LogP contribution in [0.3, 0.4) is 0 Å². The van der Waals surface area contributed by atoms with E-state index in [1.54, 1.807) is 29.9 Å². The molecule has 1 aliphatic rings. The monoisotopic (exact) mass is 388 g/mol. The van der Waals surface area contributed by atoms with E-state index >= 15 is 0 Å². The molecule has 1 saturated heterocycles. The molecule has 0 aliphatic carbocycles. The summed E-state index contributed by atoms with van der Waals surface area (Å²) in [7, 11) is -3.55. The summed E-state index contributed by atoms with van der Waals surface area (Å²) in [5.41, 5.74) is 3.27. The van der Waals surface area contributed by atoms with Gasteiger partial charge in [0.1, 0.15) is 4.90 Å². The summed E-state index contributed by atoms with van der Waals surface area (Å²) in [6.45, 7) is 1.76. The van der Waals surface area contributed by atoms with Crippen molar-refractivity contribution in [2.45, 2.75) is 4.90 Å². The lowest BCUT2D eigenvalue weighted by molar-refractivity contribution is -0.124. The summed E-state index contributed by atoms with van der Waals surface area (Å²) in [5, 5.41) is 8.60. The number of para-hydroxylation sites is 1. The largest absolute Gasteiger partial charge is 0.368 e. The number of hydrogen-bond donors (Lipinski definition) is 2. The van der Waals surface area contributed by atoms with Gasteiger partial charge in [0, 0.05) is 50.3 Å². The lowest BCUT2D eigenvalue weighted by atomic mass is 10.1. The Morgan fingerprint density at radius 3 is 2.52 bits per heavy atom. The molecule has 0 bridgehead atoms. The molecular weight excluding hydrogens is 368 g/mol. The SMILES string of the molecule is O=C(C=Cc1ccccc1N1CCN(S(=O)(=O)c2cccnc2)CC1)NO. The standard InChI is InChI=1S/C18H20N4O4S/c23-18(20-24)8-7-15-4-1-2-6-17(15)21-10-12-22(13-11-21)27(25,26)16-5-3-9-19-14-16/h1-9,14,24H,10-13H2,(H,20,23). The molecule has 1 aromatic heterocycles. The van der Waals surface area contributed by atoms with Gasteiger partial charge in [0.25, 0.3) is 5.91 Å². The first-order chi connectivity index (χ1) is 13.0. The molecule has 27 heavy (non-hydrogen) atoms. The minimum atomic E-state index is -3.55. The Balaban J connectivity index is 1.73. The maximum atomic E-state index is 12.7. The van der Waals surface area contributed by atoms with Crippen LogP contribution >= 0.6 is 0 Å². The molecule has 1 fully saturated rings. The van der Waals surface area contributed by atoms with Crippen LogP contribution in [0.4, 0.5) is 5.69 Å². The number of pyridine rings is 1. The summed E-state index contributed by atoms with van der Waals surface area (Å²) >= 11 is 0. The lowest BCUT2D eigenvalue weighted by Gasteiger charge is -2.36. The maximum absolute atomic E-state index is 12.7. The van der Waals surface area contributed by atoms with E-state index in [-0.39, 0.29) is 4.90 Å². The quantitative estimate of drug-likeness (QED) is 0.452. The van der Waals surface area contributed by atoms with Gasteiger partial charge in [-0.3, -0.25) is 15.0 Å². The third-order valence-corrected chi connectivity index (χ3v) is 6.19. The number of hydrogen-bond acceptors (Lipinski definition) is 6. The Labute approximate surface area is 157 Å². The Kier molecular flexibility index (Phi) is 5.84. The second kappa shape index (κ2) is 8.30. The third-order valence-electron chi connectivity index (χ3n) is 4.31. The van der Waals surface area contributed by atoms with Gasteiger partial charge in [-0.1, -0.05) is 18.2 Å². The van der Waals surface area contributed by atoms with Crippen molar-refractivity contribution in [2.24, 2.45) is 0 Å². The van der Waals surface area contributed by atoms with Crippen LogP contribution in [0, 0.1) is 0 Å². The van der Waals surface area contributed by atoms with Gasteiger partial charge in [0.05, 0.1) is 0 Å². The molecular formula is C18H20N4O4S. The van der Waals surface area contributed by atoms with Gasteiger partial charge < -0.3 is 4.90 Å². The van der Waals surface area contributed by atoms with Crippen molar-refractivity contribution in [3.8, 4) is 0 Å². The highest BCUT2D eigenvalue weighted by molar-refractivity contribution is 7.89. The molecule has 0 atom stereocenters. The zero-order chi connectivity index (χ0) is 19.3. The van der Waals surface area contributed by atoms with E-state index in [4.69, 9.17) is 5.21 Å². The van der Waals surface area contributed by atoms with Crippen LogP contribution in [0.2, 0.25) is 0 Å². The third kappa shape index (κ3) is 4.33. The molecule has 0 spiro atoms. The Bertz CT molecular complexity index is 923. The molecule has 3 rings (SSSR count). The molecule has 142 valence electrons. The van der Waals surface area contributed by atoms with Gasteiger partial charge >= 0.3 is 0 Å². The lowest BCUT2D eigenvalue weighted by Crippen LogP contribution is -2.48. The number of anilines is 1. The van der Waals surface area contributed by atoms with Gasteiger partial charge in [0.15, 0.2) is 0 Å². The van der Waals surface area contributed by atoms with E-state index in [2.05, 4.69) is 9.88 Å². The molecule has 9 heteroatoms. The first-order valence-corrected chi connectivity index (χ1v) is 9.82. The number of hydroxylamine groups is 1. The van der Waals surface area contributed by atoms with E-state index in [1.807, 2.05) is 24.3 Å².